The van der Waals surface area contributed by atoms with Gasteiger partial charge in [-0.3, -0.25) is 0 Å². The summed E-state index contributed by atoms with van der Waals surface area (Å²) in [6, 6.07) is 5.31. The maximum absolute atomic E-state index is 11.4. The summed E-state index contributed by atoms with van der Waals surface area (Å²) in [5.41, 5.74) is 0.496. The summed E-state index contributed by atoms with van der Waals surface area (Å²) in [6.45, 7) is 1.49. The lowest BCUT2D eigenvalue weighted by Gasteiger charge is -2.23. The van der Waals surface area contributed by atoms with Crippen LogP contribution in [0.3, 0.4) is 0 Å². The number of halogens is 1. The minimum atomic E-state index is -0.585. The van der Waals surface area contributed by atoms with Crippen LogP contribution >= 0.6 is 15.9 Å². The molecular formula is C12H13BrN2O2. The fourth-order valence-corrected chi connectivity index (χ4v) is 2.76. The molecule has 0 aromatic heterocycles. The van der Waals surface area contributed by atoms with Gasteiger partial charge >= 0.3 is 0 Å². The summed E-state index contributed by atoms with van der Waals surface area (Å²) in [4.78, 5) is 24.4. The molecule has 5 heteroatoms. The summed E-state index contributed by atoms with van der Waals surface area (Å²) >= 11 is 3.30. The van der Waals surface area contributed by atoms with E-state index < -0.39 is 5.41 Å². The van der Waals surface area contributed by atoms with Gasteiger partial charge in [0.05, 0.1) is 5.41 Å². The minimum absolute atomic E-state index is 0.349. The first-order chi connectivity index (χ1) is 8.11. The average molecular weight is 297 g/mol. The minimum Gasteiger partial charge on any atom is -0.305 e. The molecule has 0 N–H and O–H groups in total. The second-order valence-electron chi connectivity index (χ2n) is 4.51. The smallest absolute Gasteiger partial charge is 0.131 e. The molecule has 0 radical (unpaired) electrons. The molecule has 2 rings (SSSR count). The van der Waals surface area contributed by atoms with E-state index in [1.54, 1.807) is 6.07 Å². The van der Waals surface area contributed by atoms with Gasteiger partial charge in [-0.05, 0) is 42.9 Å². The molecule has 0 aliphatic carbocycles. The predicted molar refractivity (Wildman–Crippen MR) is 69.5 cm³/mol. The van der Waals surface area contributed by atoms with Gasteiger partial charge in [0.1, 0.15) is 12.0 Å². The van der Waals surface area contributed by atoms with E-state index >= 15 is 0 Å². The Kier molecular flexibility index (Phi) is 3.40. The van der Waals surface area contributed by atoms with Crippen LogP contribution in [0.5, 0.6) is 0 Å². The maximum atomic E-state index is 11.4. The largest absolute Gasteiger partial charge is 0.305 e. The van der Waals surface area contributed by atoms with Crippen molar-refractivity contribution in [2.45, 2.75) is 11.8 Å². The molecule has 1 aromatic carbocycles. The van der Waals surface area contributed by atoms with E-state index in [9.17, 15) is 9.70 Å². The Labute approximate surface area is 108 Å². The normalized spacial score (nSPS) is 24.8. The van der Waals surface area contributed by atoms with Crippen LogP contribution in [0.2, 0.25) is 0 Å². The first-order valence-electron chi connectivity index (χ1n) is 5.39. The van der Waals surface area contributed by atoms with Crippen molar-refractivity contribution in [1.82, 2.24) is 4.90 Å². The standard InChI is InChI=1S/C12H13BrN2O2/c1-15-5-4-12(7-15,8-16)10-3-2-9(13)6-11(10)14-17/h2-3,6,8H,4-5,7H2,1H3. The van der Waals surface area contributed by atoms with E-state index in [-0.39, 0.29) is 0 Å². The number of rotatable bonds is 3. The molecule has 0 amide bonds. The molecule has 1 heterocycles. The summed E-state index contributed by atoms with van der Waals surface area (Å²) in [5, 5.41) is 3.04. The van der Waals surface area contributed by atoms with Gasteiger partial charge in [-0.15, -0.1) is 4.91 Å². The van der Waals surface area contributed by atoms with Crippen molar-refractivity contribution in [3.05, 3.63) is 33.1 Å². The third-order valence-corrected chi connectivity index (χ3v) is 3.81. The number of aldehydes is 1. The van der Waals surface area contributed by atoms with Crippen LogP contribution in [0.25, 0.3) is 0 Å². The van der Waals surface area contributed by atoms with Crippen LogP contribution in [-0.4, -0.2) is 31.3 Å². The van der Waals surface area contributed by atoms with Crippen molar-refractivity contribution in [3.8, 4) is 0 Å². The lowest BCUT2D eigenvalue weighted by Crippen LogP contribution is -2.31. The lowest BCUT2D eigenvalue weighted by atomic mass is 9.80. The van der Waals surface area contributed by atoms with E-state index in [0.29, 0.717) is 12.2 Å². The topological polar surface area (TPSA) is 49.7 Å². The number of nitrogens with zero attached hydrogens (tertiary/aromatic N) is 2. The van der Waals surface area contributed by atoms with Crippen molar-refractivity contribution in [2.75, 3.05) is 20.1 Å². The highest BCUT2D eigenvalue weighted by atomic mass is 79.9. The highest BCUT2D eigenvalue weighted by Crippen LogP contribution is 2.38. The Morgan fingerprint density at radius 3 is 2.82 bits per heavy atom. The maximum Gasteiger partial charge on any atom is 0.131 e. The summed E-state index contributed by atoms with van der Waals surface area (Å²) in [5.74, 6) is 0. The number of carbonyl (C=O) groups is 1. The number of benzene rings is 1. The molecule has 1 aromatic rings. The van der Waals surface area contributed by atoms with E-state index in [1.165, 1.54) is 0 Å². The van der Waals surface area contributed by atoms with Crippen LogP contribution in [0.1, 0.15) is 12.0 Å². The molecule has 0 bridgehead atoms. The van der Waals surface area contributed by atoms with Crippen molar-refractivity contribution >= 4 is 27.9 Å². The number of likely N-dealkylation sites (tertiary alicyclic amines) is 1. The zero-order valence-electron chi connectivity index (χ0n) is 9.52. The predicted octanol–water partition coefficient (Wildman–Crippen LogP) is 2.62. The average Bonchev–Trinajstić information content (AvgIpc) is 2.72. The molecule has 1 aliphatic heterocycles. The zero-order valence-corrected chi connectivity index (χ0v) is 11.1. The van der Waals surface area contributed by atoms with Gasteiger partial charge in [-0.25, -0.2) is 0 Å². The third-order valence-electron chi connectivity index (χ3n) is 3.31. The molecule has 1 aliphatic rings. The molecule has 4 nitrogen and oxygen atoms in total. The highest BCUT2D eigenvalue weighted by molar-refractivity contribution is 9.10. The van der Waals surface area contributed by atoms with Gasteiger partial charge in [0.2, 0.25) is 0 Å². The summed E-state index contributed by atoms with van der Waals surface area (Å²) in [7, 11) is 1.97. The quantitative estimate of drug-likeness (QED) is 0.636. The van der Waals surface area contributed by atoms with Crippen LogP contribution in [0.4, 0.5) is 5.69 Å². The molecule has 0 saturated carbocycles. The Morgan fingerprint density at radius 1 is 1.53 bits per heavy atom. The first-order valence-corrected chi connectivity index (χ1v) is 6.19. The SMILES string of the molecule is CN1CCC(C=O)(c2ccc(Br)cc2N=O)C1. The number of nitroso groups, excluding NO2 is 1. The van der Waals surface area contributed by atoms with Crippen molar-refractivity contribution in [3.63, 3.8) is 0 Å². The molecular weight excluding hydrogens is 284 g/mol. The van der Waals surface area contributed by atoms with Gasteiger partial charge < -0.3 is 9.69 Å². The number of hydrogen-bond acceptors (Lipinski definition) is 4. The third kappa shape index (κ3) is 2.17. The van der Waals surface area contributed by atoms with Crippen LogP contribution in [-0.2, 0) is 10.2 Å². The summed E-state index contributed by atoms with van der Waals surface area (Å²) in [6.07, 6.45) is 1.69. The Hall–Kier alpha value is -1.07. The number of likely N-dealkylation sites (N-methyl/N-ethyl adjacent to an activating group) is 1. The van der Waals surface area contributed by atoms with Crippen molar-refractivity contribution in [2.24, 2.45) is 5.18 Å². The zero-order chi connectivity index (χ0) is 12.5. The lowest BCUT2D eigenvalue weighted by molar-refractivity contribution is -0.112. The molecule has 1 atom stereocenters. The molecule has 0 spiro atoms. The van der Waals surface area contributed by atoms with Gasteiger partial charge in [-0.2, -0.15) is 0 Å². The molecule has 1 unspecified atom stereocenters. The first kappa shape index (κ1) is 12.4. The van der Waals surface area contributed by atoms with Crippen LogP contribution < -0.4 is 0 Å². The van der Waals surface area contributed by atoms with E-state index in [4.69, 9.17) is 0 Å². The Bertz CT molecular complexity index is 464. The monoisotopic (exact) mass is 296 g/mol. The van der Waals surface area contributed by atoms with Gasteiger partial charge in [0.25, 0.3) is 0 Å². The second-order valence-corrected chi connectivity index (χ2v) is 5.43. The van der Waals surface area contributed by atoms with Crippen LogP contribution in [0, 0.1) is 4.91 Å². The van der Waals surface area contributed by atoms with E-state index in [0.717, 1.165) is 29.3 Å². The summed E-state index contributed by atoms with van der Waals surface area (Å²) < 4.78 is 0.795. The molecule has 1 fully saturated rings. The number of hydrogen-bond donors (Lipinski definition) is 0. The molecule has 17 heavy (non-hydrogen) atoms. The number of carbonyl (C=O) groups excluding carboxylic acids is 1. The van der Waals surface area contributed by atoms with Crippen molar-refractivity contribution < 1.29 is 4.79 Å². The van der Waals surface area contributed by atoms with E-state index in [1.807, 2.05) is 19.2 Å². The Balaban J connectivity index is 2.51. The second kappa shape index (κ2) is 4.66. The van der Waals surface area contributed by atoms with Gasteiger partial charge in [0, 0.05) is 11.0 Å². The van der Waals surface area contributed by atoms with Gasteiger partial charge in [-0.1, -0.05) is 22.0 Å². The van der Waals surface area contributed by atoms with Crippen molar-refractivity contribution in [1.29, 1.82) is 0 Å². The molecule has 1 saturated heterocycles. The fourth-order valence-electron chi connectivity index (χ4n) is 2.41. The Morgan fingerprint density at radius 2 is 2.29 bits per heavy atom. The highest BCUT2D eigenvalue weighted by Gasteiger charge is 2.40. The molecule has 90 valence electrons. The van der Waals surface area contributed by atoms with E-state index in [2.05, 4.69) is 26.0 Å². The fraction of sp³-hybridized carbons (Fsp3) is 0.417. The van der Waals surface area contributed by atoms with Gasteiger partial charge in [0.15, 0.2) is 0 Å². The van der Waals surface area contributed by atoms with Crippen LogP contribution in [0.15, 0.2) is 27.8 Å².